The maximum atomic E-state index is 13.3. The Bertz CT molecular complexity index is 1040. The molecule has 2 aromatic rings. The Balaban J connectivity index is 1.79. The molecule has 11 nitrogen and oxygen atoms in total. The number of hydrazine groups is 1. The third kappa shape index (κ3) is 7.91. The van der Waals surface area contributed by atoms with Gasteiger partial charge >= 0.3 is 0 Å². The molecule has 3 rings (SSSR count). The highest BCUT2D eigenvalue weighted by Crippen LogP contribution is 2.22. The highest BCUT2D eigenvalue weighted by atomic mass is 16.5. The number of nitrogens with one attached hydrogen (secondary N) is 1. The van der Waals surface area contributed by atoms with Gasteiger partial charge in [0.15, 0.2) is 0 Å². The van der Waals surface area contributed by atoms with Crippen LogP contribution in [0.15, 0.2) is 48.5 Å². The second-order valence-corrected chi connectivity index (χ2v) is 8.78. The van der Waals surface area contributed by atoms with E-state index in [-0.39, 0.29) is 30.7 Å². The van der Waals surface area contributed by atoms with Gasteiger partial charge in [0.1, 0.15) is 11.9 Å². The summed E-state index contributed by atoms with van der Waals surface area (Å²) in [6, 6.07) is 14.1. The number of carbonyl (C=O) groups excluding carboxylic acids is 3. The molecule has 37 heavy (non-hydrogen) atoms. The number of rotatable bonds is 12. The summed E-state index contributed by atoms with van der Waals surface area (Å²) < 4.78 is 5.44. The monoisotopic (exact) mass is 512 g/mol. The van der Waals surface area contributed by atoms with Gasteiger partial charge in [-0.25, -0.2) is 5.01 Å². The number of morpholine rings is 1. The molecule has 0 spiro atoms. The Labute approximate surface area is 217 Å². The zero-order chi connectivity index (χ0) is 26.8. The zero-order valence-electron chi connectivity index (χ0n) is 21.4. The first-order valence-corrected chi connectivity index (χ1v) is 12.3. The Kier molecular flexibility index (Phi) is 10.2. The number of anilines is 2. The van der Waals surface area contributed by atoms with Gasteiger partial charge in [0.2, 0.25) is 18.2 Å². The zero-order valence-corrected chi connectivity index (χ0v) is 21.4. The van der Waals surface area contributed by atoms with Crippen molar-refractivity contribution in [3.8, 4) is 5.75 Å². The van der Waals surface area contributed by atoms with E-state index >= 15 is 0 Å². The quantitative estimate of drug-likeness (QED) is 0.217. The lowest BCUT2D eigenvalue weighted by atomic mass is 10.1. The van der Waals surface area contributed by atoms with Gasteiger partial charge in [0, 0.05) is 44.5 Å². The van der Waals surface area contributed by atoms with Crippen molar-refractivity contribution < 1.29 is 24.2 Å². The number of amides is 3. The van der Waals surface area contributed by atoms with E-state index in [9.17, 15) is 19.5 Å². The van der Waals surface area contributed by atoms with Crippen LogP contribution in [0.3, 0.4) is 0 Å². The van der Waals surface area contributed by atoms with E-state index in [1.54, 1.807) is 24.0 Å². The van der Waals surface area contributed by atoms with Gasteiger partial charge in [-0.15, -0.1) is 0 Å². The number of likely N-dealkylation sites (N-methyl/N-ethyl adjacent to an activating group) is 1. The lowest BCUT2D eigenvalue weighted by Crippen LogP contribution is -2.56. The van der Waals surface area contributed by atoms with E-state index in [0.29, 0.717) is 38.4 Å². The summed E-state index contributed by atoms with van der Waals surface area (Å²) in [5.74, 6) is -0.497. The van der Waals surface area contributed by atoms with Gasteiger partial charge in [0.25, 0.3) is 0 Å². The number of aromatic hydroxyl groups is 1. The fourth-order valence-electron chi connectivity index (χ4n) is 4.20. The summed E-state index contributed by atoms with van der Waals surface area (Å²) in [5.41, 5.74) is 11.5. The van der Waals surface area contributed by atoms with Gasteiger partial charge in [-0.1, -0.05) is 19.1 Å². The summed E-state index contributed by atoms with van der Waals surface area (Å²) in [5, 5.41) is 11.2. The van der Waals surface area contributed by atoms with Crippen molar-refractivity contribution in [3.05, 3.63) is 54.1 Å². The van der Waals surface area contributed by atoms with E-state index in [4.69, 9.17) is 10.5 Å². The van der Waals surface area contributed by atoms with Gasteiger partial charge in [-0.05, 0) is 42.0 Å². The summed E-state index contributed by atoms with van der Waals surface area (Å²) in [6.45, 7) is 6.94. The topological polar surface area (TPSA) is 132 Å². The normalized spacial score (nSPS) is 14.2. The van der Waals surface area contributed by atoms with Crippen molar-refractivity contribution >= 4 is 29.6 Å². The predicted molar refractivity (Wildman–Crippen MR) is 141 cm³/mol. The number of hydrogen-bond donors (Lipinski definition) is 3. The van der Waals surface area contributed by atoms with E-state index in [1.807, 2.05) is 18.2 Å². The highest BCUT2D eigenvalue weighted by Gasteiger charge is 2.27. The highest BCUT2D eigenvalue weighted by molar-refractivity contribution is 5.95. The lowest BCUT2D eigenvalue weighted by Gasteiger charge is -2.34. The van der Waals surface area contributed by atoms with E-state index < -0.39 is 6.17 Å². The second-order valence-electron chi connectivity index (χ2n) is 8.78. The third-order valence-corrected chi connectivity index (χ3v) is 6.18. The fourth-order valence-corrected chi connectivity index (χ4v) is 4.20. The Morgan fingerprint density at radius 2 is 1.89 bits per heavy atom. The number of hydrogen-bond acceptors (Lipinski definition) is 8. The molecule has 1 heterocycles. The lowest BCUT2D eigenvalue weighted by molar-refractivity contribution is -0.130. The van der Waals surface area contributed by atoms with Gasteiger partial charge in [0.05, 0.1) is 26.3 Å². The SMILES string of the molecule is CCN(CC(=O)N(c1ccc(O)cc1)C(N)CN(Cc1cccc(N2CCOCC2)c1)C(C)=O)NC=O. The summed E-state index contributed by atoms with van der Waals surface area (Å²) in [4.78, 5) is 42.0. The van der Waals surface area contributed by atoms with E-state index in [2.05, 4.69) is 16.4 Å². The van der Waals surface area contributed by atoms with Crippen LogP contribution >= 0.6 is 0 Å². The van der Waals surface area contributed by atoms with Crippen LogP contribution < -0.4 is 21.0 Å². The van der Waals surface area contributed by atoms with Crippen molar-refractivity contribution in [2.24, 2.45) is 5.73 Å². The van der Waals surface area contributed by atoms with Crippen LogP contribution in [0.1, 0.15) is 19.4 Å². The number of carbonyl (C=O) groups is 3. The fraction of sp³-hybridized carbons (Fsp3) is 0.423. The Morgan fingerprint density at radius 3 is 2.51 bits per heavy atom. The molecular formula is C26H36N6O5. The van der Waals surface area contributed by atoms with Crippen LogP contribution in [0.2, 0.25) is 0 Å². The molecule has 0 aromatic heterocycles. The molecule has 0 saturated carbocycles. The molecule has 1 fully saturated rings. The maximum absolute atomic E-state index is 13.3. The van der Waals surface area contributed by atoms with Gasteiger partial charge in [-0.2, -0.15) is 0 Å². The van der Waals surface area contributed by atoms with Gasteiger partial charge < -0.3 is 25.4 Å². The minimum absolute atomic E-state index is 0.0491. The average molecular weight is 513 g/mol. The van der Waals surface area contributed by atoms with Crippen LogP contribution in [-0.4, -0.2) is 85.3 Å². The van der Waals surface area contributed by atoms with E-state index in [1.165, 1.54) is 29.0 Å². The smallest absolute Gasteiger partial charge is 0.244 e. The molecule has 0 bridgehead atoms. The molecule has 3 amide bonds. The van der Waals surface area contributed by atoms with Crippen LogP contribution in [0, 0.1) is 0 Å². The first-order valence-electron chi connectivity index (χ1n) is 12.3. The Hall–Kier alpha value is -3.67. The maximum Gasteiger partial charge on any atom is 0.244 e. The number of benzene rings is 2. The summed E-state index contributed by atoms with van der Waals surface area (Å²) in [7, 11) is 0. The number of phenolic OH excluding ortho intramolecular Hbond substituents is 1. The molecule has 0 aliphatic carbocycles. The number of nitrogens with zero attached hydrogens (tertiary/aromatic N) is 4. The van der Waals surface area contributed by atoms with Crippen molar-refractivity contribution in [1.82, 2.24) is 15.3 Å². The van der Waals surface area contributed by atoms with Gasteiger partial charge in [-0.3, -0.25) is 24.7 Å². The minimum Gasteiger partial charge on any atom is -0.508 e. The first kappa shape index (κ1) is 27.9. The first-order chi connectivity index (χ1) is 17.8. The summed E-state index contributed by atoms with van der Waals surface area (Å²) >= 11 is 0. The van der Waals surface area contributed by atoms with Crippen LogP contribution in [0.4, 0.5) is 11.4 Å². The van der Waals surface area contributed by atoms with Crippen molar-refractivity contribution in [3.63, 3.8) is 0 Å². The molecular weight excluding hydrogens is 476 g/mol. The molecule has 11 heteroatoms. The largest absolute Gasteiger partial charge is 0.508 e. The molecule has 1 saturated heterocycles. The van der Waals surface area contributed by atoms with Crippen LogP contribution in [-0.2, 0) is 25.7 Å². The molecule has 4 N–H and O–H groups in total. The van der Waals surface area contributed by atoms with Crippen LogP contribution in [0.5, 0.6) is 5.75 Å². The van der Waals surface area contributed by atoms with Crippen molar-refractivity contribution in [2.45, 2.75) is 26.6 Å². The minimum atomic E-state index is -0.877. The Morgan fingerprint density at radius 1 is 1.19 bits per heavy atom. The molecule has 1 aliphatic heterocycles. The van der Waals surface area contributed by atoms with Crippen LogP contribution in [0.25, 0.3) is 0 Å². The number of ether oxygens (including phenoxy) is 1. The average Bonchev–Trinajstić information content (AvgIpc) is 2.90. The summed E-state index contributed by atoms with van der Waals surface area (Å²) in [6.07, 6.45) is -0.372. The van der Waals surface area contributed by atoms with Crippen molar-refractivity contribution in [1.29, 1.82) is 0 Å². The molecule has 1 aliphatic rings. The molecule has 200 valence electrons. The number of nitrogens with two attached hydrogens (primary N) is 1. The standard InChI is InChI=1S/C26H36N6O5/c1-3-31(28-19-33)18-26(36)32(22-7-9-24(35)10-8-22)25(27)17-30(20(2)34)16-21-5-4-6-23(15-21)29-11-13-37-14-12-29/h4-10,15,19,25,35H,3,11-14,16-18,27H2,1-2H3,(H,28,33). The third-order valence-electron chi connectivity index (χ3n) is 6.18. The second kappa shape index (κ2) is 13.6. The molecule has 1 unspecified atom stereocenters. The van der Waals surface area contributed by atoms with E-state index in [0.717, 1.165) is 24.3 Å². The predicted octanol–water partition coefficient (Wildman–Crippen LogP) is 0.878. The number of phenols is 1. The molecule has 1 atom stereocenters. The van der Waals surface area contributed by atoms with Crippen molar-refractivity contribution in [2.75, 3.05) is 55.7 Å². The molecule has 2 aromatic carbocycles. The molecule has 0 radical (unpaired) electrons.